The van der Waals surface area contributed by atoms with Crippen molar-refractivity contribution in [2.75, 3.05) is 13.6 Å². The lowest BCUT2D eigenvalue weighted by Crippen LogP contribution is -2.09. The minimum absolute atomic E-state index is 1.05. The number of likely N-dealkylation sites (N-methyl/N-ethyl adjacent to an activating group) is 1. The van der Waals surface area contributed by atoms with E-state index < -0.39 is 0 Å². The molecule has 13 heavy (non-hydrogen) atoms. The highest BCUT2D eigenvalue weighted by molar-refractivity contribution is 7.11. The first-order chi connectivity index (χ1) is 6.27. The molecule has 0 aliphatic rings. The topological polar surface area (TPSA) is 24.9 Å². The van der Waals surface area contributed by atoms with E-state index in [-0.39, 0.29) is 0 Å². The van der Waals surface area contributed by atoms with Crippen molar-refractivity contribution >= 4 is 11.3 Å². The fourth-order valence-corrected chi connectivity index (χ4v) is 2.45. The van der Waals surface area contributed by atoms with Gasteiger partial charge in [-0.15, -0.1) is 11.3 Å². The molecule has 1 rings (SSSR count). The number of aryl methyl sites for hydroxylation is 2. The number of thiazole rings is 1. The summed E-state index contributed by atoms with van der Waals surface area (Å²) < 4.78 is 0. The highest BCUT2D eigenvalue weighted by Crippen LogP contribution is 2.19. The van der Waals surface area contributed by atoms with Crippen molar-refractivity contribution < 1.29 is 0 Å². The predicted molar refractivity (Wildman–Crippen MR) is 58.5 cm³/mol. The molecule has 2 nitrogen and oxygen atoms in total. The molecule has 0 radical (unpaired) electrons. The van der Waals surface area contributed by atoms with Gasteiger partial charge < -0.3 is 5.32 Å². The summed E-state index contributed by atoms with van der Waals surface area (Å²) >= 11 is 1.87. The zero-order valence-electron chi connectivity index (χ0n) is 8.68. The molecule has 0 aromatic carbocycles. The second kappa shape index (κ2) is 5.35. The summed E-state index contributed by atoms with van der Waals surface area (Å²) in [6.07, 6.45) is 3.44. The quantitative estimate of drug-likeness (QED) is 0.784. The molecular weight excluding hydrogens is 180 g/mol. The normalized spacial score (nSPS) is 10.7. The van der Waals surface area contributed by atoms with Crippen molar-refractivity contribution in [2.45, 2.75) is 33.1 Å². The molecule has 0 amide bonds. The Labute approximate surface area is 84.4 Å². The third kappa shape index (κ3) is 3.08. The van der Waals surface area contributed by atoms with Crippen LogP contribution in [0.2, 0.25) is 0 Å². The lowest BCUT2D eigenvalue weighted by molar-refractivity contribution is 0.794. The average molecular weight is 198 g/mol. The van der Waals surface area contributed by atoms with Gasteiger partial charge in [0.1, 0.15) is 0 Å². The Morgan fingerprint density at radius 1 is 1.38 bits per heavy atom. The molecule has 0 saturated heterocycles. The predicted octanol–water partition coefficient (Wildman–Crippen LogP) is 2.17. The summed E-state index contributed by atoms with van der Waals surface area (Å²) in [6, 6.07) is 0. The van der Waals surface area contributed by atoms with Gasteiger partial charge in [-0.25, -0.2) is 4.98 Å². The molecular formula is C10H18N2S. The van der Waals surface area contributed by atoms with Crippen LogP contribution in [0, 0.1) is 6.92 Å². The van der Waals surface area contributed by atoms with Gasteiger partial charge in [-0.2, -0.15) is 0 Å². The lowest BCUT2D eigenvalue weighted by atomic mass is 10.3. The molecule has 0 aliphatic heterocycles. The summed E-state index contributed by atoms with van der Waals surface area (Å²) in [6.45, 7) is 5.36. The molecule has 0 spiro atoms. The zero-order valence-corrected chi connectivity index (χ0v) is 9.50. The second-order valence-corrected chi connectivity index (χ2v) is 4.39. The van der Waals surface area contributed by atoms with E-state index in [1.54, 1.807) is 0 Å². The summed E-state index contributed by atoms with van der Waals surface area (Å²) in [5.41, 5.74) is 1.23. The second-order valence-electron chi connectivity index (χ2n) is 3.22. The molecule has 1 aromatic heterocycles. The molecule has 0 unspecified atom stereocenters. The third-order valence-electron chi connectivity index (χ3n) is 2.00. The molecule has 1 N–H and O–H groups in total. The Hall–Kier alpha value is -0.410. The van der Waals surface area contributed by atoms with Gasteiger partial charge in [0.25, 0.3) is 0 Å². The van der Waals surface area contributed by atoms with Crippen LogP contribution in [0.1, 0.15) is 28.9 Å². The van der Waals surface area contributed by atoms with Crippen LogP contribution in [-0.2, 0) is 12.8 Å². The Bertz CT molecular complexity index is 255. The first kappa shape index (κ1) is 10.7. The molecule has 0 saturated carbocycles. The van der Waals surface area contributed by atoms with E-state index in [4.69, 9.17) is 0 Å². The lowest BCUT2D eigenvalue weighted by Gasteiger charge is -1.95. The van der Waals surface area contributed by atoms with Gasteiger partial charge in [-0.3, -0.25) is 0 Å². The molecule has 0 bridgehead atoms. The summed E-state index contributed by atoms with van der Waals surface area (Å²) in [5.74, 6) is 0. The van der Waals surface area contributed by atoms with Crippen molar-refractivity contribution in [3.63, 3.8) is 0 Å². The standard InChI is InChI=1S/C10H18N2S/c1-4-5-10-12-8(2)9(13-10)6-7-11-3/h11H,4-7H2,1-3H3. The van der Waals surface area contributed by atoms with Crippen LogP contribution in [0.4, 0.5) is 0 Å². The van der Waals surface area contributed by atoms with Gasteiger partial charge in [0, 0.05) is 4.88 Å². The SMILES string of the molecule is CCCc1nc(C)c(CCNC)s1. The van der Waals surface area contributed by atoms with Gasteiger partial charge in [-0.1, -0.05) is 6.92 Å². The zero-order chi connectivity index (χ0) is 9.68. The van der Waals surface area contributed by atoms with E-state index >= 15 is 0 Å². The fourth-order valence-electron chi connectivity index (χ4n) is 1.28. The number of nitrogens with one attached hydrogen (secondary N) is 1. The number of nitrogens with zero attached hydrogens (tertiary/aromatic N) is 1. The Balaban J connectivity index is 2.60. The highest BCUT2D eigenvalue weighted by atomic mass is 32.1. The van der Waals surface area contributed by atoms with Crippen molar-refractivity contribution in [3.05, 3.63) is 15.6 Å². The minimum Gasteiger partial charge on any atom is -0.319 e. The molecule has 0 atom stereocenters. The Morgan fingerprint density at radius 2 is 2.15 bits per heavy atom. The number of rotatable bonds is 5. The van der Waals surface area contributed by atoms with E-state index in [2.05, 4.69) is 24.1 Å². The maximum Gasteiger partial charge on any atom is 0.0930 e. The Morgan fingerprint density at radius 3 is 2.77 bits per heavy atom. The Kier molecular flexibility index (Phi) is 4.39. The van der Waals surface area contributed by atoms with E-state index in [9.17, 15) is 0 Å². The molecule has 3 heteroatoms. The van der Waals surface area contributed by atoms with Crippen LogP contribution in [0.3, 0.4) is 0 Å². The van der Waals surface area contributed by atoms with Gasteiger partial charge >= 0.3 is 0 Å². The number of aromatic nitrogens is 1. The molecule has 0 aliphatic carbocycles. The van der Waals surface area contributed by atoms with E-state index in [0.717, 1.165) is 19.4 Å². The monoisotopic (exact) mass is 198 g/mol. The van der Waals surface area contributed by atoms with Gasteiger partial charge in [-0.05, 0) is 39.8 Å². The molecule has 74 valence electrons. The highest BCUT2D eigenvalue weighted by Gasteiger charge is 2.05. The number of hydrogen-bond donors (Lipinski definition) is 1. The maximum absolute atomic E-state index is 4.54. The van der Waals surface area contributed by atoms with Crippen molar-refractivity contribution in [1.29, 1.82) is 0 Å². The van der Waals surface area contributed by atoms with Crippen molar-refractivity contribution in [1.82, 2.24) is 10.3 Å². The summed E-state index contributed by atoms with van der Waals surface area (Å²) in [4.78, 5) is 5.99. The number of hydrogen-bond acceptors (Lipinski definition) is 3. The van der Waals surface area contributed by atoms with Crippen molar-refractivity contribution in [3.8, 4) is 0 Å². The first-order valence-corrected chi connectivity index (χ1v) is 5.69. The van der Waals surface area contributed by atoms with Crippen LogP contribution >= 0.6 is 11.3 Å². The molecule has 1 heterocycles. The fraction of sp³-hybridized carbons (Fsp3) is 0.700. The maximum atomic E-state index is 4.54. The molecule has 0 fully saturated rings. The summed E-state index contributed by atoms with van der Waals surface area (Å²) in [5, 5.41) is 4.46. The van der Waals surface area contributed by atoms with E-state index in [1.165, 1.54) is 22.0 Å². The summed E-state index contributed by atoms with van der Waals surface area (Å²) in [7, 11) is 1.99. The van der Waals surface area contributed by atoms with Crippen LogP contribution in [0.25, 0.3) is 0 Å². The van der Waals surface area contributed by atoms with Crippen LogP contribution in [-0.4, -0.2) is 18.6 Å². The molecule has 1 aromatic rings. The van der Waals surface area contributed by atoms with E-state index in [1.807, 2.05) is 18.4 Å². The average Bonchev–Trinajstić information content (AvgIpc) is 2.44. The van der Waals surface area contributed by atoms with Crippen LogP contribution < -0.4 is 5.32 Å². The van der Waals surface area contributed by atoms with Crippen LogP contribution in [0.5, 0.6) is 0 Å². The van der Waals surface area contributed by atoms with Gasteiger partial charge in [0.05, 0.1) is 10.7 Å². The minimum atomic E-state index is 1.05. The van der Waals surface area contributed by atoms with Crippen molar-refractivity contribution in [2.24, 2.45) is 0 Å². The van der Waals surface area contributed by atoms with Gasteiger partial charge in [0.2, 0.25) is 0 Å². The van der Waals surface area contributed by atoms with E-state index in [0.29, 0.717) is 0 Å². The largest absolute Gasteiger partial charge is 0.319 e. The van der Waals surface area contributed by atoms with Gasteiger partial charge in [0.15, 0.2) is 0 Å². The first-order valence-electron chi connectivity index (χ1n) is 4.87. The smallest absolute Gasteiger partial charge is 0.0930 e. The van der Waals surface area contributed by atoms with Crippen LogP contribution in [0.15, 0.2) is 0 Å². The third-order valence-corrected chi connectivity index (χ3v) is 3.28.